The molecular weight excluding hydrogens is 316 g/mol. The van der Waals surface area contributed by atoms with Gasteiger partial charge in [-0.25, -0.2) is 0 Å². The highest BCUT2D eigenvalue weighted by Gasteiger charge is 2.11. The normalized spacial score (nSPS) is 10.4. The number of benzene rings is 2. The number of carbonyl (C=O) groups excluding carboxylic acids is 1. The zero-order valence-electron chi connectivity index (χ0n) is 13.4. The van der Waals surface area contributed by atoms with Crippen molar-refractivity contribution >= 4 is 11.6 Å². The Labute approximate surface area is 145 Å². The number of rotatable bonds is 6. The maximum Gasteiger partial charge on any atom is 0.267 e. The Balaban J connectivity index is 2.00. The molecule has 6 heteroatoms. The summed E-state index contributed by atoms with van der Waals surface area (Å²) in [4.78, 5) is 12.2. The molecule has 2 aromatic rings. The highest BCUT2D eigenvalue weighted by molar-refractivity contribution is 6.07. The molecule has 0 saturated carbocycles. The van der Waals surface area contributed by atoms with E-state index in [4.69, 9.17) is 15.6 Å². The van der Waals surface area contributed by atoms with Crippen LogP contribution in [0.15, 0.2) is 60.3 Å². The van der Waals surface area contributed by atoms with Gasteiger partial charge in [0.05, 0.1) is 17.9 Å². The summed E-state index contributed by atoms with van der Waals surface area (Å²) in [6.45, 7) is 0.412. The lowest BCUT2D eigenvalue weighted by Gasteiger charge is -2.07. The van der Waals surface area contributed by atoms with Crippen LogP contribution in [0.5, 0.6) is 0 Å². The third-order valence-electron chi connectivity index (χ3n) is 3.42. The molecule has 0 radical (unpaired) electrons. The molecule has 0 heterocycles. The van der Waals surface area contributed by atoms with E-state index in [0.717, 1.165) is 11.1 Å². The summed E-state index contributed by atoms with van der Waals surface area (Å²) in [6, 6.07) is 17.7. The van der Waals surface area contributed by atoms with Crippen LogP contribution in [0, 0.1) is 22.7 Å². The largest absolute Gasteiger partial charge is 0.392 e. The van der Waals surface area contributed by atoms with Gasteiger partial charge >= 0.3 is 0 Å². The van der Waals surface area contributed by atoms with Gasteiger partial charge in [-0.1, -0.05) is 36.4 Å². The molecule has 0 aromatic heterocycles. The first-order chi connectivity index (χ1) is 12.2. The molecule has 0 aliphatic heterocycles. The van der Waals surface area contributed by atoms with E-state index in [1.54, 1.807) is 36.4 Å². The molecule has 2 aromatic carbocycles. The number of nitrogens with one attached hydrogen (secondary N) is 2. The van der Waals surface area contributed by atoms with Gasteiger partial charge in [-0.2, -0.15) is 10.5 Å². The first kappa shape index (κ1) is 17.7. The van der Waals surface area contributed by atoms with Crippen LogP contribution >= 0.6 is 0 Å². The van der Waals surface area contributed by atoms with Crippen LogP contribution in [0.4, 0.5) is 5.69 Å². The lowest BCUT2D eigenvalue weighted by molar-refractivity contribution is -0.112. The predicted octanol–water partition coefficient (Wildman–Crippen LogP) is 2.19. The van der Waals surface area contributed by atoms with Crippen molar-refractivity contribution in [1.82, 2.24) is 5.32 Å². The summed E-state index contributed by atoms with van der Waals surface area (Å²) in [5.41, 5.74) is 2.34. The monoisotopic (exact) mass is 332 g/mol. The van der Waals surface area contributed by atoms with Crippen molar-refractivity contribution in [3.63, 3.8) is 0 Å². The Hall–Kier alpha value is -3.61. The van der Waals surface area contributed by atoms with Crippen LogP contribution in [0.3, 0.4) is 0 Å². The van der Waals surface area contributed by atoms with Gasteiger partial charge < -0.3 is 15.7 Å². The number of anilines is 1. The Morgan fingerprint density at radius 2 is 1.76 bits per heavy atom. The van der Waals surface area contributed by atoms with Gasteiger partial charge in [-0.3, -0.25) is 4.79 Å². The van der Waals surface area contributed by atoms with Gasteiger partial charge in [0.1, 0.15) is 17.7 Å². The van der Waals surface area contributed by atoms with Crippen molar-refractivity contribution in [2.75, 3.05) is 5.32 Å². The lowest BCUT2D eigenvalue weighted by atomic mass is 10.1. The number of nitrogens with zero attached hydrogens (tertiary/aromatic N) is 2. The molecule has 0 spiro atoms. The molecule has 124 valence electrons. The average molecular weight is 332 g/mol. The molecule has 6 nitrogen and oxygen atoms in total. The van der Waals surface area contributed by atoms with Crippen molar-refractivity contribution in [2.24, 2.45) is 0 Å². The molecule has 0 bridgehead atoms. The van der Waals surface area contributed by atoms with E-state index in [1.165, 1.54) is 6.20 Å². The molecule has 0 saturated heterocycles. The molecule has 3 N–H and O–H groups in total. The SMILES string of the molecule is N#C/C(=C/NCc1ccc(CO)cc1)C(=O)Nc1ccccc1C#N. The number of para-hydroxylation sites is 1. The van der Waals surface area contributed by atoms with Crippen LogP contribution < -0.4 is 10.6 Å². The van der Waals surface area contributed by atoms with Crippen molar-refractivity contribution in [1.29, 1.82) is 10.5 Å². The number of nitriles is 2. The van der Waals surface area contributed by atoms with E-state index in [-0.39, 0.29) is 12.2 Å². The van der Waals surface area contributed by atoms with Crippen LogP contribution in [0.25, 0.3) is 0 Å². The van der Waals surface area contributed by atoms with Crippen LogP contribution in [0.2, 0.25) is 0 Å². The zero-order valence-corrected chi connectivity index (χ0v) is 13.4. The highest BCUT2D eigenvalue weighted by atomic mass is 16.3. The number of hydrogen-bond donors (Lipinski definition) is 3. The number of aliphatic hydroxyl groups is 1. The van der Waals surface area contributed by atoms with Crippen molar-refractivity contribution in [3.05, 3.63) is 77.0 Å². The smallest absolute Gasteiger partial charge is 0.267 e. The van der Waals surface area contributed by atoms with Gasteiger partial charge in [0.15, 0.2) is 0 Å². The third-order valence-corrected chi connectivity index (χ3v) is 3.42. The summed E-state index contributed by atoms with van der Waals surface area (Å²) < 4.78 is 0. The Morgan fingerprint density at radius 3 is 2.40 bits per heavy atom. The number of hydrogen-bond acceptors (Lipinski definition) is 5. The van der Waals surface area contributed by atoms with Crippen LogP contribution in [-0.4, -0.2) is 11.0 Å². The maximum atomic E-state index is 12.2. The molecule has 1 amide bonds. The summed E-state index contributed by atoms with van der Waals surface area (Å²) >= 11 is 0. The van der Waals surface area contributed by atoms with Crippen molar-refractivity contribution < 1.29 is 9.90 Å². The molecular formula is C19H16N4O2. The van der Waals surface area contributed by atoms with Crippen LogP contribution in [-0.2, 0) is 17.9 Å². The summed E-state index contributed by atoms with van der Waals surface area (Å²) in [5, 5.41) is 32.6. The van der Waals surface area contributed by atoms with E-state index in [1.807, 2.05) is 24.3 Å². The summed E-state index contributed by atoms with van der Waals surface area (Å²) in [5.74, 6) is -0.590. The first-order valence-corrected chi connectivity index (χ1v) is 7.50. The number of aliphatic hydroxyl groups excluding tert-OH is 1. The highest BCUT2D eigenvalue weighted by Crippen LogP contribution is 2.14. The second-order valence-corrected chi connectivity index (χ2v) is 5.14. The summed E-state index contributed by atoms with van der Waals surface area (Å²) in [7, 11) is 0. The van der Waals surface area contributed by atoms with Gasteiger partial charge in [0, 0.05) is 12.7 Å². The fraction of sp³-hybridized carbons (Fsp3) is 0.105. The Bertz CT molecular complexity index is 858. The molecule has 2 rings (SSSR count). The number of amides is 1. The quantitative estimate of drug-likeness (QED) is 0.555. The van der Waals surface area contributed by atoms with Crippen molar-refractivity contribution in [3.8, 4) is 12.1 Å². The topological polar surface area (TPSA) is 109 Å². The molecule has 0 unspecified atom stereocenters. The van der Waals surface area contributed by atoms with Crippen molar-refractivity contribution in [2.45, 2.75) is 13.2 Å². The molecule has 0 aliphatic carbocycles. The minimum atomic E-state index is -0.590. The van der Waals surface area contributed by atoms with E-state index >= 15 is 0 Å². The minimum absolute atomic E-state index is 0.0173. The van der Waals surface area contributed by atoms with Gasteiger partial charge in [0.2, 0.25) is 0 Å². The third kappa shape index (κ3) is 4.93. The predicted molar refractivity (Wildman–Crippen MR) is 92.7 cm³/mol. The van der Waals surface area contributed by atoms with Gasteiger partial charge in [-0.15, -0.1) is 0 Å². The second-order valence-electron chi connectivity index (χ2n) is 5.14. The van der Waals surface area contributed by atoms with E-state index in [9.17, 15) is 4.79 Å². The van der Waals surface area contributed by atoms with Crippen LogP contribution in [0.1, 0.15) is 16.7 Å². The number of carbonyl (C=O) groups is 1. The fourth-order valence-electron chi connectivity index (χ4n) is 2.06. The zero-order chi connectivity index (χ0) is 18.1. The average Bonchev–Trinajstić information content (AvgIpc) is 2.66. The van der Waals surface area contributed by atoms with Gasteiger partial charge in [0.25, 0.3) is 5.91 Å². The second kappa shape index (κ2) is 8.88. The van der Waals surface area contributed by atoms with E-state index in [2.05, 4.69) is 10.6 Å². The molecule has 0 fully saturated rings. The Kier molecular flexibility index (Phi) is 6.30. The maximum absolute atomic E-state index is 12.2. The van der Waals surface area contributed by atoms with E-state index in [0.29, 0.717) is 17.8 Å². The first-order valence-electron chi connectivity index (χ1n) is 7.50. The minimum Gasteiger partial charge on any atom is -0.392 e. The molecule has 0 aliphatic rings. The summed E-state index contributed by atoms with van der Waals surface area (Å²) in [6.07, 6.45) is 1.34. The van der Waals surface area contributed by atoms with E-state index < -0.39 is 5.91 Å². The lowest BCUT2D eigenvalue weighted by Crippen LogP contribution is -2.17. The fourth-order valence-corrected chi connectivity index (χ4v) is 2.06. The Morgan fingerprint density at radius 1 is 1.08 bits per heavy atom. The molecule has 0 atom stereocenters. The van der Waals surface area contributed by atoms with Gasteiger partial charge in [-0.05, 0) is 23.3 Å². The standard InChI is InChI=1S/C19H16N4O2/c20-9-16-3-1-2-4-18(16)23-19(25)17(10-21)12-22-11-14-5-7-15(13-24)8-6-14/h1-8,12,22,24H,11,13H2,(H,23,25)/b17-12-. The molecule has 25 heavy (non-hydrogen) atoms.